The molecule has 14 heavy (non-hydrogen) atoms. The van der Waals surface area contributed by atoms with Crippen LogP contribution in [0.15, 0.2) is 17.3 Å². The number of nitrogens with one attached hydrogen (secondary N) is 1. The topological polar surface area (TPSA) is 42.7 Å². The highest BCUT2D eigenvalue weighted by Gasteiger charge is 2.05. The Bertz CT molecular complexity index is 319. The summed E-state index contributed by atoms with van der Waals surface area (Å²) in [5, 5.41) is 12.1. The number of rotatable bonds is 5. The smallest absolute Gasteiger partial charge is 0.191 e. The molecule has 0 fully saturated rings. The first kappa shape index (κ1) is 11.3. The van der Waals surface area contributed by atoms with E-state index in [-0.39, 0.29) is 0 Å². The van der Waals surface area contributed by atoms with Gasteiger partial charge in [-0.3, -0.25) is 0 Å². The second kappa shape index (κ2) is 5.17. The van der Waals surface area contributed by atoms with Gasteiger partial charge in [0.15, 0.2) is 5.16 Å². The highest BCUT2D eigenvalue weighted by atomic mass is 32.2. The van der Waals surface area contributed by atoms with E-state index < -0.39 is 0 Å². The number of aromatic nitrogens is 3. The van der Waals surface area contributed by atoms with Gasteiger partial charge in [-0.1, -0.05) is 23.9 Å². The van der Waals surface area contributed by atoms with Gasteiger partial charge in [0, 0.05) is 19.3 Å². The molecule has 1 aromatic rings. The van der Waals surface area contributed by atoms with Crippen LogP contribution in [0.25, 0.3) is 0 Å². The monoisotopic (exact) mass is 212 g/mol. The lowest BCUT2D eigenvalue weighted by molar-refractivity contribution is 0.765. The molecule has 78 valence electrons. The van der Waals surface area contributed by atoms with E-state index in [9.17, 15) is 0 Å². The Kier molecular flexibility index (Phi) is 4.16. The van der Waals surface area contributed by atoms with Crippen molar-refractivity contribution in [1.29, 1.82) is 0 Å². The molecule has 0 amide bonds. The maximum absolute atomic E-state index is 4.06. The minimum atomic E-state index is 0.851. The summed E-state index contributed by atoms with van der Waals surface area (Å²) in [4.78, 5) is 0. The molecule has 0 aliphatic carbocycles. The Labute approximate surface area is 88.8 Å². The zero-order valence-electron chi connectivity index (χ0n) is 8.87. The van der Waals surface area contributed by atoms with Crippen LogP contribution in [-0.2, 0) is 7.05 Å². The van der Waals surface area contributed by atoms with Gasteiger partial charge in [-0.05, 0) is 14.0 Å². The first-order valence-corrected chi connectivity index (χ1v) is 5.43. The molecule has 0 atom stereocenters. The minimum Gasteiger partial charge on any atom is -0.316 e. The molecule has 0 unspecified atom stereocenters. The van der Waals surface area contributed by atoms with E-state index in [1.165, 1.54) is 0 Å². The molecular formula is C9H16N4S. The van der Waals surface area contributed by atoms with E-state index in [2.05, 4.69) is 22.1 Å². The molecule has 0 radical (unpaired) electrons. The fraction of sp³-hybridized carbons (Fsp3) is 0.556. The number of likely N-dealkylation sites (N-methyl/N-ethyl adjacent to an activating group) is 1. The minimum absolute atomic E-state index is 0.851. The van der Waals surface area contributed by atoms with E-state index in [0.29, 0.717) is 0 Å². The van der Waals surface area contributed by atoms with Crippen LogP contribution >= 0.6 is 11.8 Å². The third-order valence-corrected chi connectivity index (χ3v) is 3.05. The van der Waals surface area contributed by atoms with Crippen molar-refractivity contribution < 1.29 is 0 Å². The molecule has 0 saturated carbocycles. The van der Waals surface area contributed by atoms with Gasteiger partial charge in [0.1, 0.15) is 5.82 Å². The summed E-state index contributed by atoms with van der Waals surface area (Å²) in [5.74, 6) is 1.82. The lowest BCUT2D eigenvalue weighted by Gasteiger charge is -2.04. The van der Waals surface area contributed by atoms with E-state index in [1.807, 2.05) is 25.6 Å². The maximum atomic E-state index is 4.06. The summed E-state index contributed by atoms with van der Waals surface area (Å²) in [5.41, 5.74) is 1.16. The molecule has 0 spiro atoms. The average Bonchev–Trinajstić information content (AvgIpc) is 2.46. The number of hydrogen-bond donors (Lipinski definition) is 1. The SMILES string of the molecule is C=C(CNC)CSc1nnc(C)n1C. The second-order valence-corrected chi connectivity index (χ2v) is 4.10. The molecule has 0 aliphatic heterocycles. The first-order chi connectivity index (χ1) is 6.65. The third-order valence-electron chi connectivity index (χ3n) is 1.88. The Balaban J connectivity index is 2.46. The zero-order chi connectivity index (χ0) is 10.6. The Morgan fingerprint density at radius 2 is 2.29 bits per heavy atom. The average molecular weight is 212 g/mol. The summed E-state index contributed by atoms with van der Waals surface area (Å²) in [6, 6.07) is 0. The molecule has 0 aromatic carbocycles. The van der Waals surface area contributed by atoms with E-state index in [4.69, 9.17) is 0 Å². The number of hydrogen-bond acceptors (Lipinski definition) is 4. The van der Waals surface area contributed by atoms with Gasteiger partial charge in [-0.15, -0.1) is 10.2 Å². The van der Waals surface area contributed by atoms with Crippen LogP contribution in [0, 0.1) is 6.92 Å². The summed E-state index contributed by atoms with van der Waals surface area (Å²) >= 11 is 1.67. The second-order valence-electron chi connectivity index (χ2n) is 3.16. The normalized spacial score (nSPS) is 10.5. The van der Waals surface area contributed by atoms with Gasteiger partial charge >= 0.3 is 0 Å². The number of nitrogens with zero attached hydrogens (tertiary/aromatic N) is 3. The molecule has 0 saturated heterocycles. The quantitative estimate of drug-likeness (QED) is 0.584. The summed E-state index contributed by atoms with van der Waals surface area (Å²) in [6.07, 6.45) is 0. The molecule has 0 bridgehead atoms. The molecule has 1 N–H and O–H groups in total. The molecule has 1 rings (SSSR count). The van der Waals surface area contributed by atoms with Crippen LogP contribution in [0.1, 0.15) is 5.82 Å². The van der Waals surface area contributed by atoms with Gasteiger partial charge in [0.05, 0.1) is 0 Å². The van der Waals surface area contributed by atoms with Crippen LogP contribution in [-0.4, -0.2) is 34.1 Å². The zero-order valence-corrected chi connectivity index (χ0v) is 9.69. The first-order valence-electron chi connectivity index (χ1n) is 4.45. The Hall–Kier alpha value is -0.810. The lowest BCUT2D eigenvalue weighted by Crippen LogP contribution is -2.11. The van der Waals surface area contributed by atoms with Crippen LogP contribution in [0.4, 0.5) is 0 Å². The largest absolute Gasteiger partial charge is 0.316 e. The lowest BCUT2D eigenvalue weighted by atomic mass is 10.3. The van der Waals surface area contributed by atoms with E-state index in [1.54, 1.807) is 11.8 Å². The maximum Gasteiger partial charge on any atom is 0.191 e. The standard InChI is InChI=1S/C9H16N4S/c1-7(5-10-3)6-14-9-12-11-8(2)13(9)4/h10H,1,5-6H2,2-4H3. The van der Waals surface area contributed by atoms with Crippen LogP contribution in [0.5, 0.6) is 0 Å². The van der Waals surface area contributed by atoms with Crippen molar-refractivity contribution in [1.82, 2.24) is 20.1 Å². The molecule has 4 nitrogen and oxygen atoms in total. The molecule has 1 aromatic heterocycles. The van der Waals surface area contributed by atoms with E-state index in [0.717, 1.165) is 28.9 Å². The Morgan fingerprint density at radius 1 is 1.57 bits per heavy atom. The van der Waals surface area contributed by atoms with Crippen molar-refractivity contribution in [2.75, 3.05) is 19.3 Å². The molecule has 0 aliphatic rings. The van der Waals surface area contributed by atoms with Gasteiger partial charge in [0.25, 0.3) is 0 Å². The van der Waals surface area contributed by atoms with Crippen molar-refractivity contribution >= 4 is 11.8 Å². The predicted molar refractivity (Wildman–Crippen MR) is 59.5 cm³/mol. The van der Waals surface area contributed by atoms with Crippen molar-refractivity contribution in [2.45, 2.75) is 12.1 Å². The van der Waals surface area contributed by atoms with Crippen LogP contribution < -0.4 is 5.32 Å². The van der Waals surface area contributed by atoms with Crippen molar-refractivity contribution in [3.05, 3.63) is 18.0 Å². The van der Waals surface area contributed by atoms with Gasteiger partial charge < -0.3 is 9.88 Å². The molecule has 5 heteroatoms. The predicted octanol–water partition coefficient (Wildman–Crippen LogP) is 0.991. The van der Waals surface area contributed by atoms with Crippen molar-refractivity contribution in [2.24, 2.45) is 7.05 Å². The third kappa shape index (κ3) is 2.85. The van der Waals surface area contributed by atoms with E-state index >= 15 is 0 Å². The summed E-state index contributed by atoms with van der Waals surface area (Å²) < 4.78 is 1.98. The summed E-state index contributed by atoms with van der Waals surface area (Å²) in [6.45, 7) is 6.75. The highest BCUT2D eigenvalue weighted by Crippen LogP contribution is 2.17. The number of thioether (sulfide) groups is 1. The Morgan fingerprint density at radius 3 is 2.79 bits per heavy atom. The van der Waals surface area contributed by atoms with Crippen LogP contribution in [0.3, 0.4) is 0 Å². The number of aryl methyl sites for hydroxylation is 1. The summed E-state index contributed by atoms with van der Waals surface area (Å²) in [7, 11) is 3.89. The highest BCUT2D eigenvalue weighted by molar-refractivity contribution is 7.99. The van der Waals surface area contributed by atoms with Gasteiger partial charge in [-0.2, -0.15) is 0 Å². The van der Waals surface area contributed by atoms with Crippen molar-refractivity contribution in [3.63, 3.8) is 0 Å². The fourth-order valence-corrected chi connectivity index (χ4v) is 1.84. The van der Waals surface area contributed by atoms with Crippen molar-refractivity contribution in [3.8, 4) is 0 Å². The van der Waals surface area contributed by atoms with Gasteiger partial charge in [-0.25, -0.2) is 0 Å². The molecular weight excluding hydrogens is 196 g/mol. The molecule has 1 heterocycles. The van der Waals surface area contributed by atoms with Crippen LogP contribution in [0.2, 0.25) is 0 Å². The van der Waals surface area contributed by atoms with Gasteiger partial charge in [0.2, 0.25) is 0 Å². The fourth-order valence-electron chi connectivity index (χ4n) is 0.981.